The van der Waals surface area contributed by atoms with Gasteiger partial charge in [-0.2, -0.15) is 0 Å². The second-order valence-electron chi connectivity index (χ2n) is 9.28. The zero-order valence-corrected chi connectivity index (χ0v) is 21.2. The Morgan fingerprint density at radius 2 is 1.97 bits per heavy atom. The SMILES string of the molecule is COc1cc(N2CCN3[C@@H](CCC[C@@H]3c3ccc(OCCCNC=O)c(C)c3C)C2)ccc1Cl. The highest BCUT2D eigenvalue weighted by atomic mass is 35.5. The van der Waals surface area contributed by atoms with Crippen molar-refractivity contribution in [2.24, 2.45) is 0 Å². The zero-order chi connectivity index (χ0) is 24.1. The predicted octanol–water partition coefficient (Wildman–Crippen LogP) is 4.90. The standard InChI is InChI=1S/C27H36ClN3O3/c1-19-20(2)26(34-15-5-12-29-18-32)11-9-23(19)25-7-4-6-22-17-30(13-14-31(22)25)21-8-10-24(28)27(16-21)33-3/h8-11,16,18,22,25H,4-7,12-15,17H2,1-3H3,(H,29,32)/t22-,25+/m0/s1. The van der Waals surface area contributed by atoms with Crippen LogP contribution in [0.2, 0.25) is 5.02 Å². The summed E-state index contributed by atoms with van der Waals surface area (Å²) in [5.41, 5.74) is 5.16. The van der Waals surface area contributed by atoms with E-state index in [0.29, 0.717) is 30.3 Å². The van der Waals surface area contributed by atoms with Gasteiger partial charge in [0.2, 0.25) is 6.41 Å². The highest BCUT2D eigenvalue weighted by Gasteiger charge is 2.36. The number of ether oxygens (including phenoxy) is 2. The molecule has 2 aliphatic rings. The van der Waals surface area contributed by atoms with E-state index in [1.165, 1.54) is 41.6 Å². The Morgan fingerprint density at radius 3 is 2.76 bits per heavy atom. The fraction of sp³-hybridized carbons (Fsp3) is 0.519. The smallest absolute Gasteiger partial charge is 0.207 e. The van der Waals surface area contributed by atoms with Gasteiger partial charge in [-0.3, -0.25) is 9.69 Å². The molecule has 6 nitrogen and oxygen atoms in total. The molecule has 4 rings (SSSR count). The molecule has 2 saturated heterocycles. The van der Waals surface area contributed by atoms with Crippen LogP contribution in [0.25, 0.3) is 0 Å². The molecule has 0 radical (unpaired) electrons. The van der Waals surface area contributed by atoms with Gasteiger partial charge in [0.05, 0.1) is 18.7 Å². The van der Waals surface area contributed by atoms with E-state index >= 15 is 0 Å². The van der Waals surface area contributed by atoms with Crippen molar-refractivity contribution in [3.8, 4) is 11.5 Å². The van der Waals surface area contributed by atoms with Crippen molar-refractivity contribution in [2.45, 2.75) is 51.6 Å². The van der Waals surface area contributed by atoms with E-state index in [0.717, 1.165) is 44.0 Å². The van der Waals surface area contributed by atoms with Crippen LogP contribution in [0.3, 0.4) is 0 Å². The normalized spacial score (nSPS) is 20.5. The van der Waals surface area contributed by atoms with Gasteiger partial charge in [0.25, 0.3) is 0 Å². The average Bonchev–Trinajstić information content (AvgIpc) is 2.86. The molecule has 2 fully saturated rings. The van der Waals surface area contributed by atoms with Gasteiger partial charge in [-0.1, -0.05) is 17.7 Å². The van der Waals surface area contributed by atoms with E-state index in [-0.39, 0.29) is 0 Å². The van der Waals surface area contributed by atoms with Crippen LogP contribution in [-0.2, 0) is 4.79 Å². The molecule has 0 aliphatic carbocycles. The number of nitrogens with one attached hydrogen (secondary N) is 1. The van der Waals surface area contributed by atoms with Gasteiger partial charge in [0.15, 0.2) is 0 Å². The molecule has 1 amide bonds. The van der Waals surface area contributed by atoms with Gasteiger partial charge in [0, 0.05) is 50.0 Å². The minimum Gasteiger partial charge on any atom is -0.495 e. The Labute approximate surface area is 208 Å². The maximum Gasteiger partial charge on any atom is 0.207 e. The number of piperidine rings is 1. The van der Waals surface area contributed by atoms with E-state index in [1.54, 1.807) is 7.11 Å². The molecule has 0 aromatic heterocycles. The first-order valence-electron chi connectivity index (χ1n) is 12.3. The molecule has 2 aromatic rings. The Morgan fingerprint density at radius 1 is 1.12 bits per heavy atom. The summed E-state index contributed by atoms with van der Waals surface area (Å²) in [6.45, 7) is 8.68. The maximum atomic E-state index is 10.4. The Bertz CT molecular complexity index is 999. The number of amides is 1. The topological polar surface area (TPSA) is 54.0 Å². The van der Waals surface area contributed by atoms with Crippen molar-refractivity contribution >= 4 is 23.7 Å². The molecule has 2 atom stereocenters. The van der Waals surface area contributed by atoms with Crippen molar-refractivity contribution in [3.63, 3.8) is 0 Å². The largest absolute Gasteiger partial charge is 0.495 e. The summed E-state index contributed by atoms with van der Waals surface area (Å²) in [4.78, 5) is 15.6. The monoisotopic (exact) mass is 485 g/mol. The first kappa shape index (κ1) is 24.7. The summed E-state index contributed by atoms with van der Waals surface area (Å²) in [6.07, 6.45) is 5.19. The minimum atomic E-state index is 0.449. The van der Waals surface area contributed by atoms with Gasteiger partial charge in [-0.05, 0) is 74.4 Å². The number of rotatable bonds is 9. The summed E-state index contributed by atoms with van der Waals surface area (Å²) in [5, 5.41) is 3.33. The summed E-state index contributed by atoms with van der Waals surface area (Å²) in [5.74, 6) is 1.68. The third-order valence-corrected chi connectivity index (χ3v) is 7.70. The molecule has 0 bridgehead atoms. The molecule has 2 aliphatic heterocycles. The Kier molecular flexibility index (Phi) is 8.22. The predicted molar refractivity (Wildman–Crippen MR) is 137 cm³/mol. The van der Waals surface area contributed by atoms with Crippen molar-refractivity contribution in [2.75, 3.05) is 44.8 Å². The highest BCUT2D eigenvalue weighted by Crippen LogP contribution is 2.40. The first-order chi connectivity index (χ1) is 16.5. The lowest BCUT2D eigenvalue weighted by Crippen LogP contribution is -2.56. The minimum absolute atomic E-state index is 0.449. The third-order valence-electron chi connectivity index (χ3n) is 7.39. The highest BCUT2D eigenvalue weighted by molar-refractivity contribution is 6.32. The average molecular weight is 486 g/mol. The summed E-state index contributed by atoms with van der Waals surface area (Å²) in [6, 6.07) is 11.5. The Hall–Kier alpha value is -2.44. The van der Waals surface area contributed by atoms with E-state index in [4.69, 9.17) is 21.1 Å². The van der Waals surface area contributed by atoms with E-state index in [9.17, 15) is 4.79 Å². The van der Waals surface area contributed by atoms with Crippen LogP contribution >= 0.6 is 11.6 Å². The molecule has 7 heteroatoms. The molecule has 0 saturated carbocycles. The fourth-order valence-electron chi connectivity index (χ4n) is 5.41. The zero-order valence-electron chi connectivity index (χ0n) is 20.5. The number of nitrogens with zero attached hydrogens (tertiary/aromatic N) is 2. The maximum absolute atomic E-state index is 10.4. The van der Waals surface area contributed by atoms with Crippen molar-refractivity contribution in [3.05, 3.63) is 52.0 Å². The lowest BCUT2D eigenvalue weighted by atomic mass is 9.86. The van der Waals surface area contributed by atoms with E-state index in [2.05, 4.69) is 53.2 Å². The lowest BCUT2D eigenvalue weighted by molar-refractivity contribution is -0.109. The Balaban J connectivity index is 1.45. The van der Waals surface area contributed by atoms with E-state index < -0.39 is 0 Å². The number of carbonyl (C=O) groups excluding carboxylic acids is 1. The number of hydrogen-bond acceptors (Lipinski definition) is 5. The van der Waals surface area contributed by atoms with Gasteiger partial charge in [0.1, 0.15) is 11.5 Å². The third kappa shape index (κ3) is 5.28. The molecular formula is C27H36ClN3O3. The molecule has 34 heavy (non-hydrogen) atoms. The molecule has 1 N–H and O–H groups in total. The van der Waals surface area contributed by atoms with Crippen LogP contribution in [0.5, 0.6) is 11.5 Å². The second kappa shape index (κ2) is 11.3. The van der Waals surface area contributed by atoms with Crippen LogP contribution in [0.4, 0.5) is 5.69 Å². The van der Waals surface area contributed by atoms with Crippen LogP contribution in [0.1, 0.15) is 48.4 Å². The quantitative estimate of drug-likeness (QED) is 0.404. The summed E-state index contributed by atoms with van der Waals surface area (Å²) >= 11 is 6.24. The van der Waals surface area contributed by atoms with Gasteiger partial charge in [-0.25, -0.2) is 0 Å². The number of halogens is 1. The number of carbonyl (C=O) groups is 1. The number of methoxy groups -OCH3 is 1. The number of anilines is 1. The first-order valence-corrected chi connectivity index (χ1v) is 12.7. The van der Waals surface area contributed by atoms with Crippen LogP contribution in [0.15, 0.2) is 30.3 Å². The molecule has 0 unspecified atom stereocenters. The number of hydrogen-bond donors (Lipinski definition) is 1. The number of fused-ring (bicyclic) bond motifs is 1. The fourth-order valence-corrected chi connectivity index (χ4v) is 5.61. The van der Waals surface area contributed by atoms with Crippen molar-refractivity contribution < 1.29 is 14.3 Å². The summed E-state index contributed by atoms with van der Waals surface area (Å²) < 4.78 is 11.4. The van der Waals surface area contributed by atoms with Crippen LogP contribution < -0.4 is 19.7 Å². The second-order valence-corrected chi connectivity index (χ2v) is 9.69. The molecule has 2 aromatic carbocycles. The molecular weight excluding hydrogens is 450 g/mol. The molecule has 184 valence electrons. The van der Waals surface area contributed by atoms with E-state index in [1.807, 2.05) is 6.07 Å². The molecule has 0 spiro atoms. The number of benzene rings is 2. The van der Waals surface area contributed by atoms with Crippen LogP contribution in [0, 0.1) is 13.8 Å². The van der Waals surface area contributed by atoms with Crippen LogP contribution in [-0.4, -0.2) is 57.2 Å². The van der Waals surface area contributed by atoms with Gasteiger partial charge < -0.3 is 19.7 Å². The van der Waals surface area contributed by atoms with Crippen molar-refractivity contribution in [1.82, 2.24) is 10.2 Å². The van der Waals surface area contributed by atoms with Gasteiger partial charge in [-0.15, -0.1) is 0 Å². The van der Waals surface area contributed by atoms with Crippen molar-refractivity contribution in [1.29, 1.82) is 0 Å². The molecule has 2 heterocycles. The summed E-state index contributed by atoms with van der Waals surface area (Å²) in [7, 11) is 1.67. The number of piperazine rings is 1. The van der Waals surface area contributed by atoms with Gasteiger partial charge >= 0.3 is 0 Å². The lowest BCUT2D eigenvalue weighted by Gasteiger charge is -2.49.